The first-order chi connectivity index (χ1) is 9.63. The average Bonchev–Trinajstić information content (AvgIpc) is 2.92. The summed E-state index contributed by atoms with van der Waals surface area (Å²) in [5, 5.41) is 11.3. The van der Waals surface area contributed by atoms with Gasteiger partial charge >= 0.3 is 0 Å². The lowest BCUT2D eigenvalue weighted by Crippen LogP contribution is -1.97. The number of nitrogens with zero attached hydrogens (tertiary/aromatic N) is 1. The molecule has 0 radical (unpaired) electrons. The van der Waals surface area contributed by atoms with Crippen LogP contribution in [0.2, 0.25) is 0 Å². The van der Waals surface area contributed by atoms with Crippen molar-refractivity contribution in [2.45, 2.75) is 25.3 Å². The molecule has 106 valence electrons. The van der Waals surface area contributed by atoms with Gasteiger partial charge < -0.3 is 4.74 Å². The minimum Gasteiger partial charge on any atom is -0.488 e. The maximum Gasteiger partial charge on any atom is 0.270 e. The van der Waals surface area contributed by atoms with E-state index in [1.165, 1.54) is 17.0 Å². The fourth-order valence-electron chi connectivity index (χ4n) is 1.76. The number of nitro benzene ring substituents is 1. The van der Waals surface area contributed by atoms with E-state index < -0.39 is 4.92 Å². The largest absolute Gasteiger partial charge is 0.488 e. The lowest BCUT2D eigenvalue weighted by Gasteiger charge is -2.08. The Labute approximate surface area is 129 Å². The SMILES string of the molecule is CCc1ccc(COc2ccc([N+](=O)[O-])cc2CBr)s1. The monoisotopic (exact) mass is 355 g/mol. The van der Waals surface area contributed by atoms with Gasteiger partial charge in [-0.15, -0.1) is 11.3 Å². The van der Waals surface area contributed by atoms with E-state index in [0.717, 1.165) is 16.9 Å². The summed E-state index contributed by atoms with van der Waals surface area (Å²) in [6, 6.07) is 8.82. The van der Waals surface area contributed by atoms with Gasteiger partial charge in [0, 0.05) is 32.8 Å². The summed E-state index contributed by atoms with van der Waals surface area (Å²) >= 11 is 5.06. The number of thiophene rings is 1. The zero-order chi connectivity index (χ0) is 14.5. The van der Waals surface area contributed by atoms with Crippen molar-refractivity contribution in [3.05, 3.63) is 55.8 Å². The second-order valence-electron chi connectivity index (χ2n) is 4.19. The highest BCUT2D eigenvalue weighted by molar-refractivity contribution is 9.08. The number of nitro groups is 1. The third-order valence-corrected chi connectivity index (χ3v) is 4.64. The van der Waals surface area contributed by atoms with Crippen LogP contribution >= 0.6 is 27.3 Å². The summed E-state index contributed by atoms with van der Waals surface area (Å²) in [5.41, 5.74) is 0.864. The first-order valence-corrected chi connectivity index (χ1v) is 8.11. The molecule has 0 aliphatic carbocycles. The highest BCUT2D eigenvalue weighted by Crippen LogP contribution is 2.27. The molecule has 0 N–H and O–H groups in total. The molecule has 1 heterocycles. The predicted octanol–water partition coefficient (Wildman–Crippen LogP) is 4.69. The first-order valence-electron chi connectivity index (χ1n) is 6.17. The topological polar surface area (TPSA) is 52.4 Å². The van der Waals surface area contributed by atoms with Gasteiger partial charge in [-0.1, -0.05) is 22.9 Å². The van der Waals surface area contributed by atoms with E-state index >= 15 is 0 Å². The summed E-state index contributed by atoms with van der Waals surface area (Å²) in [6.07, 6.45) is 1.02. The smallest absolute Gasteiger partial charge is 0.270 e. The van der Waals surface area contributed by atoms with Crippen molar-refractivity contribution in [1.29, 1.82) is 0 Å². The van der Waals surface area contributed by atoms with Crippen LogP contribution in [0.4, 0.5) is 5.69 Å². The number of benzene rings is 1. The Kier molecular flexibility index (Phi) is 5.14. The molecular formula is C14H14BrNO3S. The molecule has 1 aromatic carbocycles. The van der Waals surface area contributed by atoms with E-state index in [2.05, 4.69) is 35.0 Å². The molecule has 0 atom stereocenters. The van der Waals surface area contributed by atoms with Crippen LogP contribution in [0, 0.1) is 10.1 Å². The summed E-state index contributed by atoms with van der Waals surface area (Å²) in [5.74, 6) is 0.680. The molecule has 1 aromatic heterocycles. The van der Waals surface area contributed by atoms with Gasteiger partial charge in [0.2, 0.25) is 0 Å². The second-order valence-corrected chi connectivity index (χ2v) is 6.01. The van der Waals surface area contributed by atoms with Gasteiger partial charge in [-0.05, 0) is 24.6 Å². The Morgan fingerprint density at radius 1 is 1.30 bits per heavy atom. The Hall–Kier alpha value is -1.40. The van der Waals surface area contributed by atoms with Gasteiger partial charge in [-0.3, -0.25) is 10.1 Å². The highest BCUT2D eigenvalue weighted by Gasteiger charge is 2.11. The number of non-ortho nitro benzene ring substituents is 1. The molecule has 0 spiro atoms. The molecule has 20 heavy (non-hydrogen) atoms. The summed E-state index contributed by atoms with van der Waals surface area (Å²) in [7, 11) is 0. The molecule has 0 saturated carbocycles. The van der Waals surface area contributed by atoms with Crippen molar-refractivity contribution in [2.24, 2.45) is 0 Å². The third kappa shape index (κ3) is 3.58. The predicted molar refractivity (Wildman–Crippen MR) is 83.8 cm³/mol. The molecule has 0 bridgehead atoms. The van der Waals surface area contributed by atoms with Crippen molar-refractivity contribution in [3.63, 3.8) is 0 Å². The number of aryl methyl sites for hydroxylation is 1. The molecule has 0 fully saturated rings. The lowest BCUT2D eigenvalue weighted by molar-refractivity contribution is -0.384. The average molecular weight is 356 g/mol. The fraction of sp³-hybridized carbons (Fsp3) is 0.286. The molecule has 0 aliphatic rings. The number of ether oxygens (including phenoxy) is 1. The molecule has 2 aromatic rings. The number of alkyl halides is 1. The molecule has 6 heteroatoms. The van der Waals surface area contributed by atoms with Crippen LogP contribution in [0.15, 0.2) is 30.3 Å². The minimum atomic E-state index is -0.400. The van der Waals surface area contributed by atoms with Gasteiger partial charge in [-0.25, -0.2) is 0 Å². The Bertz CT molecular complexity index is 612. The van der Waals surface area contributed by atoms with Crippen LogP contribution in [0.5, 0.6) is 5.75 Å². The number of rotatable bonds is 6. The maximum absolute atomic E-state index is 10.7. The molecule has 2 rings (SSSR count). The standard InChI is InChI=1S/C14H14BrNO3S/c1-2-12-4-5-13(20-12)9-19-14-6-3-11(16(17)18)7-10(14)8-15/h3-7H,2,8-9H2,1H3. The van der Waals surface area contributed by atoms with Crippen LogP contribution < -0.4 is 4.74 Å². The van der Waals surface area contributed by atoms with E-state index in [0.29, 0.717) is 17.7 Å². The molecular weight excluding hydrogens is 342 g/mol. The van der Waals surface area contributed by atoms with E-state index in [9.17, 15) is 10.1 Å². The van der Waals surface area contributed by atoms with E-state index in [1.54, 1.807) is 17.4 Å². The molecule has 0 unspecified atom stereocenters. The summed E-state index contributed by atoms with van der Waals surface area (Å²) in [6.45, 7) is 2.61. The minimum absolute atomic E-state index is 0.0798. The number of hydrogen-bond acceptors (Lipinski definition) is 4. The van der Waals surface area contributed by atoms with Gasteiger partial charge in [-0.2, -0.15) is 0 Å². The molecule has 0 amide bonds. The van der Waals surface area contributed by atoms with Gasteiger partial charge in [0.15, 0.2) is 0 Å². The molecule has 0 saturated heterocycles. The van der Waals surface area contributed by atoms with E-state index in [-0.39, 0.29) is 5.69 Å². The van der Waals surface area contributed by atoms with Crippen LogP contribution in [-0.4, -0.2) is 4.92 Å². The van der Waals surface area contributed by atoms with Crippen molar-refractivity contribution >= 4 is 33.0 Å². The third-order valence-electron chi connectivity index (χ3n) is 2.83. The van der Waals surface area contributed by atoms with Crippen LogP contribution in [0.3, 0.4) is 0 Å². The summed E-state index contributed by atoms with van der Waals surface area (Å²) < 4.78 is 5.76. The Balaban J connectivity index is 2.10. The second kappa shape index (κ2) is 6.85. The van der Waals surface area contributed by atoms with Gasteiger partial charge in [0.05, 0.1) is 4.92 Å². The lowest BCUT2D eigenvalue weighted by atomic mass is 10.2. The number of halogens is 1. The molecule has 4 nitrogen and oxygen atoms in total. The fourth-order valence-corrected chi connectivity index (χ4v) is 3.07. The van der Waals surface area contributed by atoms with Crippen LogP contribution in [0.25, 0.3) is 0 Å². The van der Waals surface area contributed by atoms with Gasteiger partial charge in [0.1, 0.15) is 12.4 Å². The first kappa shape index (κ1) is 15.0. The zero-order valence-electron chi connectivity index (χ0n) is 11.0. The maximum atomic E-state index is 10.7. The molecule has 0 aliphatic heterocycles. The quantitative estimate of drug-likeness (QED) is 0.429. The Morgan fingerprint density at radius 3 is 2.65 bits per heavy atom. The van der Waals surface area contributed by atoms with Crippen LogP contribution in [0.1, 0.15) is 22.2 Å². The highest BCUT2D eigenvalue weighted by atomic mass is 79.9. The van der Waals surface area contributed by atoms with Crippen molar-refractivity contribution in [1.82, 2.24) is 0 Å². The normalized spacial score (nSPS) is 10.5. The van der Waals surface area contributed by atoms with Crippen LogP contribution in [-0.2, 0) is 18.4 Å². The Morgan fingerprint density at radius 2 is 2.05 bits per heavy atom. The van der Waals surface area contributed by atoms with Crippen molar-refractivity contribution in [2.75, 3.05) is 0 Å². The number of hydrogen-bond donors (Lipinski definition) is 0. The van der Waals surface area contributed by atoms with Gasteiger partial charge in [0.25, 0.3) is 5.69 Å². The zero-order valence-corrected chi connectivity index (χ0v) is 13.4. The van der Waals surface area contributed by atoms with E-state index in [1.807, 2.05) is 0 Å². The van der Waals surface area contributed by atoms with E-state index in [4.69, 9.17) is 4.74 Å². The van der Waals surface area contributed by atoms with Crippen molar-refractivity contribution in [3.8, 4) is 5.75 Å². The van der Waals surface area contributed by atoms with Crippen molar-refractivity contribution < 1.29 is 9.66 Å². The summed E-state index contributed by atoms with van der Waals surface area (Å²) in [4.78, 5) is 12.8.